The maximum Gasteiger partial charge on any atom is 0.143 e. The molecule has 0 amide bonds. The van der Waals surface area contributed by atoms with Crippen LogP contribution < -0.4 is 5.32 Å². The van der Waals surface area contributed by atoms with E-state index < -0.39 is 5.82 Å². The summed E-state index contributed by atoms with van der Waals surface area (Å²) in [7, 11) is 0. The van der Waals surface area contributed by atoms with E-state index in [1.165, 1.54) is 18.2 Å². The number of anilines is 1. The maximum absolute atomic E-state index is 13.7. The number of nitriles is 1. The highest BCUT2D eigenvalue weighted by Gasteiger charge is 2.32. The molecule has 0 saturated heterocycles. The molecule has 1 atom stereocenters. The second-order valence-electron chi connectivity index (χ2n) is 5.29. The quantitative estimate of drug-likeness (QED) is 0.903. The van der Waals surface area contributed by atoms with Crippen LogP contribution in [0.15, 0.2) is 42.5 Å². The van der Waals surface area contributed by atoms with Gasteiger partial charge in [0.05, 0.1) is 11.7 Å². The van der Waals surface area contributed by atoms with Crippen LogP contribution in [0.3, 0.4) is 0 Å². The van der Waals surface area contributed by atoms with Crippen molar-refractivity contribution in [2.75, 3.05) is 5.32 Å². The number of hydrogen-bond acceptors (Lipinski definition) is 2. The molecule has 2 aromatic rings. The Hall–Kier alpha value is -2.41. The lowest BCUT2D eigenvalue weighted by molar-refractivity contribution is 0.619. The molecule has 4 heteroatoms. The number of hydrogen-bond donors (Lipinski definition) is 1. The molecule has 1 saturated carbocycles. The first-order valence-corrected chi connectivity index (χ1v) is 6.89. The average molecular weight is 284 g/mol. The monoisotopic (exact) mass is 284 g/mol. The second-order valence-corrected chi connectivity index (χ2v) is 5.29. The van der Waals surface area contributed by atoms with E-state index >= 15 is 0 Å². The Labute approximate surface area is 122 Å². The Morgan fingerprint density at radius 1 is 1.10 bits per heavy atom. The predicted molar refractivity (Wildman–Crippen MR) is 76.6 cm³/mol. The summed E-state index contributed by atoms with van der Waals surface area (Å²) in [6, 6.07) is 12.7. The minimum absolute atomic E-state index is 0.0188. The Morgan fingerprint density at radius 2 is 1.81 bits per heavy atom. The number of rotatable bonds is 4. The molecule has 106 valence electrons. The van der Waals surface area contributed by atoms with E-state index in [1.54, 1.807) is 24.3 Å². The molecule has 0 bridgehead atoms. The van der Waals surface area contributed by atoms with Crippen LogP contribution in [0, 0.1) is 28.9 Å². The van der Waals surface area contributed by atoms with Gasteiger partial charge in [-0.05, 0) is 48.6 Å². The summed E-state index contributed by atoms with van der Waals surface area (Å²) in [4.78, 5) is 0. The van der Waals surface area contributed by atoms with Gasteiger partial charge in [-0.25, -0.2) is 8.78 Å². The first-order valence-electron chi connectivity index (χ1n) is 6.89. The lowest BCUT2D eigenvalue weighted by Crippen LogP contribution is -2.14. The van der Waals surface area contributed by atoms with Crippen LogP contribution in [-0.4, -0.2) is 0 Å². The van der Waals surface area contributed by atoms with Gasteiger partial charge in [0.15, 0.2) is 0 Å². The minimum atomic E-state index is -0.531. The van der Waals surface area contributed by atoms with E-state index in [9.17, 15) is 8.78 Å². The fourth-order valence-corrected chi connectivity index (χ4v) is 2.50. The standard InChI is InChI=1S/C17H14F2N2/c18-13-8-6-12(7-9-13)17(11-4-5-11)21-16-3-1-2-15(19)14(16)10-20/h1-3,6-9,11,17,21H,4-5H2. The Bertz CT molecular complexity index is 685. The molecule has 1 fully saturated rings. The van der Waals surface area contributed by atoms with Crippen LogP contribution in [0.4, 0.5) is 14.5 Å². The zero-order chi connectivity index (χ0) is 14.8. The van der Waals surface area contributed by atoms with E-state index in [-0.39, 0.29) is 17.4 Å². The van der Waals surface area contributed by atoms with Gasteiger partial charge < -0.3 is 5.32 Å². The first kappa shape index (κ1) is 13.6. The van der Waals surface area contributed by atoms with E-state index in [1.807, 2.05) is 6.07 Å². The molecule has 1 aliphatic carbocycles. The third-order valence-corrected chi connectivity index (χ3v) is 3.76. The van der Waals surface area contributed by atoms with Crippen LogP contribution in [-0.2, 0) is 0 Å². The molecule has 0 aromatic heterocycles. The average Bonchev–Trinajstić information content (AvgIpc) is 3.30. The summed E-state index contributed by atoms with van der Waals surface area (Å²) in [5.41, 5.74) is 1.45. The molecule has 2 aromatic carbocycles. The Balaban J connectivity index is 1.92. The van der Waals surface area contributed by atoms with E-state index in [4.69, 9.17) is 5.26 Å². The summed E-state index contributed by atoms with van der Waals surface area (Å²) >= 11 is 0. The molecule has 1 aliphatic rings. The van der Waals surface area contributed by atoms with Gasteiger partial charge in [0.25, 0.3) is 0 Å². The van der Waals surface area contributed by atoms with Crippen LogP contribution in [0.2, 0.25) is 0 Å². The van der Waals surface area contributed by atoms with Gasteiger partial charge in [-0.2, -0.15) is 5.26 Å². The topological polar surface area (TPSA) is 35.8 Å². The van der Waals surface area contributed by atoms with Crippen molar-refractivity contribution >= 4 is 5.69 Å². The molecule has 1 N–H and O–H groups in total. The fraction of sp³-hybridized carbons (Fsp3) is 0.235. The van der Waals surface area contributed by atoms with Crippen LogP contribution in [0.5, 0.6) is 0 Å². The summed E-state index contributed by atoms with van der Waals surface area (Å²) in [6.45, 7) is 0. The molecule has 21 heavy (non-hydrogen) atoms. The second kappa shape index (κ2) is 5.53. The van der Waals surface area contributed by atoms with Gasteiger partial charge >= 0.3 is 0 Å². The maximum atomic E-state index is 13.7. The van der Waals surface area contributed by atoms with Crippen molar-refractivity contribution < 1.29 is 8.78 Å². The third kappa shape index (κ3) is 2.87. The molecule has 0 heterocycles. The summed E-state index contributed by atoms with van der Waals surface area (Å²) in [5, 5.41) is 12.3. The largest absolute Gasteiger partial charge is 0.377 e. The van der Waals surface area contributed by atoms with Gasteiger partial charge in [0.2, 0.25) is 0 Å². The molecule has 0 spiro atoms. The van der Waals surface area contributed by atoms with Crippen molar-refractivity contribution in [3.8, 4) is 6.07 Å². The van der Waals surface area contributed by atoms with Crippen molar-refractivity contribution in [2.24, 2.45) is 5.92 Å². The van der Waals surface area contributed by atoms with Crippen molar-refractivity contribution in [1.82, 2.24) is 0 Å². The van der Waals surface area contributed by atoms with Gasteiger partial charge in [0.1, 0.15) is 23.3 Å². The molecule has 0 aliphatic heterocycles. The highest BCUT2D eigenvalue weighted by molar-refractivity contribution is 5.59. The van der Waals surface area contributed by atoms with Gasteiger partial charge in [-0.15, -0.1) is 0 Å². The van der Waals surface area contributed by atoms with Gasteiger partial charge in [0, 0.05) is 0 Å². The minimum Gasteiger partial charge on any atom is -0.377 e. The highest BCUT2D eigenvalue weighted by atomic mass is 19.1. The predicted octanol–water partition coefficient (Wildman–Crippen LogP) is 4.40. The molecule has 2 nitrogen and oxygen atoms in total. The summed E-state index contributed by atoms with van der Waals surface area (Å²) < 4.78 is 26.7. The zero-order valence-electron chi connectivity index (χ0n) is 11.3. The van der Waals surface area contributed by atoms with Crippen LogP contribution in [0.1, 0.15) is 30.0 Å². The Kier molecular flexibility index (Phi) is 3.57. The first-order chi connectivity index (χ1) is 10.2. The van der Waals surface area contributed by atoms with E-state index in [0.717, 1.165) is 18.4 Å². The van der Waals surface area contributed by atoms with Crippen molar-refractivity contribution in [3.05, 3.63) is 65.2 Å². The molecular formula is C17H14F2N2. The summed E-state index contributed by atoms with van der Waals surface area (Å²) in [5.74, 6) is -0.377. The number of nitrogens with zero attached hydrogens (tertiary/aromatic N) is 1. The molecule has 1 unspecified atom stereocenters. The fourth-order valence-electron chi connectivity index (χ4n) is 2.50. The van der Waals surface area contributed by atoms with Crippen molar-refractivity contribution in [2.45, 2.75) is 18.9 Å². The van der Waals surface area contributed by atoms with Crippen LogP contribution in [0.25, 0.3) is 0 Å². The lowest BCUT2D eigenvalue weighted by Gasteiger charge is -2.21. The number of halogens is 2. The van der Waals surface area contributed by atoms with Crippen molar-refractivity contribution in [3.63, 3.8) is 0 Å². The third-order valence-electron chi connectivity index (χ3n) is 3.76. The van der Waals surface area contributed by atoms with Crippen LogP contribution >= 0.6 is 0 Å². The molecular weight excluding hydrogens is 270 g/mol. The molecule has 0 radical (unpaired) electrons. The van der Waals surface area contributed by atoms with E-state index in [0.29, 0.717) is 11.6 Å². The smallest absolute Gasteiger partial charge is 0.143 e. The SMILES string of the molecule is N#Cc1c(F)cccc1NC(c1ccc(F)cc1)C1CC1. The number of nitrogens with one attached hydrogen (secondary N) is 1. The van der Waals surface area contributed by atoms with Gasteiger partial charge in [-0.3, -0.25) is 0 Å². The summed E-state index contributed by atoms with van der Waals surface area (Å²) in [6.07, 6.45) is 2.15. The number of benzene rings is 2. The normalized spacial score (nSPS) is 15.3. The van der Waals surface area contributed by atoms with Crippen molar-refractivity contribution in [1.29, 1.82) is 5.26 Å². The lowest BCUT2D eigenvalue weighted by atomic mass is 10.0. The highest BCUT2D eigenvalue weighted by Crippen LogP contribution is 2.43. The molecule has 3 rings (SSSR count). The van der Waals surface area contributed by atoms with Gasteiger partial charge in [-0.1, -0.05) is 18.2 Å². The van der Waals surface area contributed by atoms with E-state index in [2.05, 4.69) is 5.32 Å². The zero-order valence-corrected chi connectivity index (χ0v) is 11.3. The Morgan fingerprint density at radius 3 is 2.43 bits per heavy atom.